The molecule has 0 aromatic heterocycles. The number of benzene rings is 1. The van der Waals surface area contributed by atoms with Crippen LogP contribution in [0.15, 0.2) is 18.2 Å². The summed E-state index contributed by atoms with van der Waals surface area (Å²) in [5, 5.41) is 41.6. The minimum atomic E-state index is -2.68. The van der Waals surface area contributed by atoms with Crippen molar-refractivity contribution < 1.29 is 34.4 Å². The third-order valence-electron chi connectivity index (χ3n) is 4.02. The summed E-state index contributed by atoms with van der Waals surface area (Å²) in [5.41, 5.74) is -2.34. The second-order valence-electron chi connectivity index (χ2n) is 6.28. The van der Waals surface area contributed by atoms with Crippen LogP contribution in [0, 0.1) is 11.7 Å². The molecule has 0 aliphatic carbocycles. The zero-order chi connectivity index (χ0) is 19.7. The summed E-state index contributed by atoms with van der Waals surface area (Å²) in [6, 6.07) is 3.28. The van der Waals surface area contributed by atoms with Gasteiger partial charge in [-0.2, -0.15) is 0 Å². The number of hydrogen-bond acceptors (Lipinski definition) is 6. The lowest BCUT2D eigenvalue weighted by atomic mass is 9.75. The Morgan fingerprint density at radius 3 is 2.50 bits per heavy atom. The number of halogens is 2. The lowest BCUT2D eigenvalue weighted by molar-refractivity contribution is -0.335. The number of aliphatic carboxylic acids is 1. The number of carboxylic acids is 1. The number of carbonyl (C=O) groups is 2. The summed E-state index contributed by atoms with van der Waals surface area (Å²) >= 11 is 5.69. The standard InChI is InChI=1S/C15H17BClFN2O6/c16-14(24)4-8(5-15(25,26)20(14)7-12(21)22)6-19-13(23)9-1-10(17)3-11(18)2-9/h1-3,8,24-26H,4-7H2,(H,19,23)(H,21,22). The highest BCUT2D eigenvalue weighted by Gasteiger charge is 2.50. The van der Waals surface area contributed by atoms with Crippen molar-refractivity contribution in [3.05, 3.63) is 34.6 Å². The predicted molar refractivity (Wildman–Crippen MR) is 88.7 cm³/mol. The van der Waals surface area contributed by atoms with Gasteiger partial charge in [0.05, 0.1) is 5.62 Å². The van der Waals surface area contributed by atoms with Gasteiger partial charge in [-0.25, -0.2) is 9.29 Å². The maximum Gasteiger partial charge on any atom is 0.317 e. The van der Waals surface area contributed by atoms with E-state index in [2.05, 4.69) is 5.32 Å². The van der Waals surface area contributed by atoms with Crippen LogP contribution in [-0.2, 0) is 4.79 Å². The molecule has 1 saturated heterocycles. The smallest absolute Gasteiger partial charge is 0.317 e. The van der Waals surface area contributed by atoms with Gasteiger partial charge in [-0.05, 0) is 30.5 Å². The molecule has 11 heteroatoms. The Hall–Kier alpha value is -1.72. The molecule has 2 rings (SSSR count). The Kier molecular flexibility index (Phi) is 5.94. The zero-order valence-electron chi connectivity index (χ0n) is 13.5. The average Bonchev–Trinajstić information content (AvgIpc) is 2.46. The van der Waals surface area contributed by atoms with Crippen molar-refractivity contribution in [3.8, 4) is 0 Å². The Balaban J connectivity index is 2.05. The van der Waals surface area contributed by atoms with E-state index in [4.69, 9.17) is 24.6 Å². The van der Waals surface area contributed by atoms with Gasteiger partial charge in [0.2, 0.25) is 5.91 Å². The van der Waals surface area contributed by atoms with Crippen LogP contribution in [0.5, 0.6) is 0 Å². The van der Waals surface area contributed by atoms with Crippen molar-refractivity contribution in [2.24, 2.45) is 5.92 Å². The van der Waals surface area contributed by atoms with Gasteiger partial charge < -0.3 is 25.7 Å². The molecule has 2 atom stereocenters. The van der Waals surface area contributed by atoms with Crippen LogP contribution in [0.4, 0.5) is 4.39 Å². The number of rotatable bonds is 5. The molecule has 0 bridgehead atoms. The first-order valence-corrected chi connectivity index (χ1v) is 7.98. The van der Waals surface area contributed by atoms with Gasteiger partial charge in [-0.1, -0.05) is 11.6 Å². The van der Waals surface area contributed by atoms with Gasteiger partial charge in [0.15, 0.2) is 0 Å². The summed E-state index contributed by atoms with van der Waals surface area (Å²) in [6.45, 7) is -1.00. The number of aliphatic hydroxyl groups is 3. The van der Waals surface area contributed by atoms with E-state index in [-0.39, 0.29) is 30.0 Å². The minimum Gasteiger partial charge on any atom is -0.480 e. The van der Waals surface area contributed by atoms with Crippen LogP contribution in [0.3, 0.4) is 0 Å². The fourth-order valence-electron chi connectivity index (χ4n) is 2.98. The van der Waals surface area contributed by atoms with E-state index in [0.29, 0.717) is 4.90 Å². The van der Waals surface area contributed by atoms with E-state index < -0.39 is 41.7 Å². The maximum absolute atomic E-state index is 13.3. The van der Waals surface area contributed by atoms with E-state index >= 15 is 0 Å². The summed E-state index contributed by atoms with van der Waals surface area (Å²) in [6.07, 6.45) is -0.600. The fourth-order valence-corrected chi connectivity index (χ4v) is 3.20. The van der Waals surface area contributed by atoms with E-state index in [1.165, 1.54) is 6.07 Å². The lowest BCUT2D eigenvalue weighted by Crippen LogP contribution is -2.67. The van der Waals surface area contributed by atoms with Crippen molar-refractivity contribution >= 4 is 31.3 Å². The molecule has 140 valence electrons. The van der Waals surface area contributed by atoms with Gasteiger partial charge >= 0.3 is 5.97 Å². The Morgan fingerprint density at radius 1 is 1.31 bits per heavy atom. The first kappa shape index (κ1) is 20.6. The summed E-state index contributed by atoms with van der Waals surface area (Å²) in [7, 11) is 5.61. The van der Waals surface area contributed by atoms with E-state index in [1.807, 2.05) is 0 Å². The molecule has 1 aliphatic rings. The van der Waals surface area contributed by atoms with E-state index in [9.17, 15) is 29.3 Å². The number of nitrogens with one attached hydrogen (secondary N) is 1. The van der Waals surface area contributed by atoms with Crippen LogP contribution in [-0.4, -0.2) is 69.7 Å². The molecular formula is C15H17BClFN2O6. The summed E-state index contributed by atoms with van der Waals surface area (Å²) in [5.74, 6) is -6.11. The third-order valence-corrected chi connectivity index (χ3v) is 4.24. The molecule has 1 aliphatic heterocycles. The molecule has 1 fully saturated rings. The van der Waals surface area contributed by atoms with Gasteiger partial charge in [0, 0.05) is 23.6 Å². The van der Waals surface area contributed by atoms with Crippen LogP contribution in [0.25, 0.3) is 0 Å². The van der Waals surface area contributed by atoms with Crippen molar-refractivity contribution in [1.82, 2.24) is 10.2 Å². The van der Waals surface area contributed by atoms with Crippen LogP contribution < -0.4 is 5.32 Å². The molecule has 1 amide bonds. The number of piperidine rings is 1. The molecule has 5 N–H and O–H groups in total. The molecule has 8 nitrogen and oxygen atoms in total. The van der Waals surface area contributed by atoms with Crippen LogP contribution >= 0.6 is 11.6 Å². The number of nitrogens with zero attached hydrogens (tertiary/aromatic N) is 1. The first-order chi connectivity index (χ1) is 11.9. The Morgan fingerprint density at radius 2 is 1.96 bits per heavy atom. The fraction of sp³-hybridized carbons (Fsp3) is 0.467. The first-order valence-electron chi connectivity index (χ1n) is 7.60. The molecule has 0 saturated carbocycles. The summed E-state index contributed by atoms with van der Waals surface area (Å²) < 4.78 is 13.3. The monoisotopic (exact) mass is 386 g/mol. The molecule has 0 spiro atoms. The molecule has 1 aromatic rings. The number of amides is 1. The van der Waals surface area contributed by atoms with Crippen LogP contribution in [0.2, 0.25) is 5.02 Å². The molecular weight excluding hydrogens is 369 g/mol. The predicted octanol–water partition coefficient (Wildman–Crippen LogP) is -0.542. The Labute approximate surface area is 154 Å². The highest BCUT2D eigenvalue weighted by molar-refractivity contribution is 6.31. The van der Waals surface area contributed by atoms with Gasteiger partial charge in [-0.3, -0.25) is 9.59 Å². The van der Waals surface area contributed by atoms with Gasteiger partial charge in [0.1, 0.15) is 20.2 Å². The largest absolute Gasteiger partial charge is 0.480 e. The molecule has 1 aromatic carbocycles. The number of carboxylic acid groups (broad SMARTS) is 1. The van der Waals surface area contributed by atoms with E-state index in [1.54, 1.807) is 0 Å². The highest BCUT2D eigenvalue weighted by Crippen LogP contribution is 2.36. The second kappa shape index (κ2) is 7.49. The minimum absolute atomic E-state index is 0.0272. The molecule has 26 heavy (non-hydrogen) atoms. The normalized spacial score (nSPS) is 25.7. The second-order valence-corrected chi connectivity index (χ2v) is 6.71. The molecule has 1 heterocycles. The average molecular weight is 387 g/mol. The van der Waals surface area contributed by atoms with Crippen LogP contribution in [0.1, 0.15) is 23.2 Å². The lowest BCUT2D eigenvalue weighted by Gasteiger charge is -2.51. The van der Waals surface area contributed by atoms with Gasteiger partial charge in [-0.15, -0.1) is 0 Å². The number of hydrogen-bond donors (Lipinski definition) is 5. The van der Waals surface area contributed by atoms with E-state index in [0.717, 1.165) is 12.1 Å². The maximum atomic E-state index is 13.3. The topological polar surface area (TPSA) is 130 Å². The highest BCUT2D eigenvalue weighted by atomic mass is 35.5. The molecule has 2 radical (unpaired) electrons. The van der Waals surface area contributed by atoms with Crippen molar-refractivity contribution in [1.29, 1.82) is 0 Å². The van der Waals surface area contributed by atoms with Crippen molar-refractivity contribution in [2.45, 2.75) is 24.4 Å². The zero-order valence-corrected chi connectivity index (χ0v) is 14.3. The van der Waals surface area contributed by atoms with Crippen molar-refractivity contribution in [3.63, 3.8) is 0 Å². The van der Waals surface area contributed by atoms with Crippen molar-refractivity contribution in [2.75, 3.05) is 13.1 Å². The quantitative estimate of drug-likeness (QED) is 0.339. The van der Waals surface area contributed by atoms with Gasteiger partial charge in [0.25, 0.3) is 5.91 Å². The Bertz CT molecular complexity index is 679. The summed E-state index contributed by atoms with van der Waals surface area (Å²) in [4.78, 5) is 23.4. The SMILES string of the molecule is [B]C1(O)CC(CNC(=O)c2cc(F)cc(Cl)c2)CC(O)(O)N1CC(=O)O. The third kappa shape index (κ3) is 4.92. The number of likely N-dealkylation sites (tertiary alicyclic amines) is 1. The number of carbonyl (C=O) groups excluding carboxylic acids is 1. The molecule has 2 unspecified atom stereocenters.